The van der Waals surface area contributed by atoms with Crippen LogP contribution in [0.15, 0.2) is 182 Å². The standard InChI is InChI=1S/C62H48BN5O.Pt/c1-61(2,3)42-35-41(36-43(37-42)62(4,5)6)47-25-17-24-46(40-19-8-7-9-20-40)59(47)66-39-65(53-29-12-13-30-54(53)66)44-21-16-22-45(38-44)69-57-34-33-51-50-27-18-26-49-48-23-10-11-28-52(48)67-55-31-14-15-32-56(55)68(60(51)64-57)63(67)58(49)50;/h7-31,33-37H,1-6H3;/q-2;/i12D,13D,29D,30D;. The number of para-hydroxylation sites is 5. The third-order valence-electron chi connectivity index (χ3n) is 14.0. The first kappa shape index (κ1) is 38.4. The Morgan fingerprint density at radius 2 is 1.21 bits per heavy atom. The van der Waals surface area contributed by atoms with Gasteiger partial charge in [-0.3, -0.25) is 0 Å². The van der Waals surface area contributed by atoms with Crippen LogP contribution in [-0.2, 0) is 30.2 Å². The fourth-order valence-electron chi connectivity index (χ4n) is 10.6. The van der Waals surface area contributed by atoms with Crippen molar-refractivity contribution < 1.29 is 29.6 Å². The Labute approximate surface area is 426 Å². The molecule has 8 aromatic carbocycles. The summed E-state index contributed by atoms with van der Waals surface area (Å²) < 4.78 is 48.6. The van der Waals surface area contributed by atoms with E-state index >= 15 is 0 Å². The zero-order valence-electron chi connectivity index (χ0n) is 43.5. The van der Waals surface area contributed by atoms with E-state index in [1.54, 1.807) is 0 Å². The number of rotatable bonds is 6. The molecule has 0 saturated carbocycles. The quantitative estimate of drug-likeness (QED) is 0.123. The minimum atomic E-state index is -0.325. The van der Waals surface area contributed by atoms with Crippen LogP contribution in [0.2, 0.25) is 0 Å². The van der Waals surface area contributed by atoms with Crippen molar-refractivity contribution >= 4 is 46.4 Å². The van der Waals surface area contributed by atoms with E-state index < -0.39 is 0 Å². The maximum atomic E-state index is 9.66. The van der Waals surface area contributed by atoms with Crippen molar-refractivity contribution in [3.63, 3.8) is 0 Å². The summed E-state index contributed by atoms with van der Waals surface area (Å²) in [5, 5.41) is 0. The molecule has 2 aromatic heterocycles. The summed E-state index contributed by atoms with van der Waals surface area (Å²) >= 11 is 2.28. The van der Waals surface area contributed by atoms with Gasteiger partial charge in [-0.05, 0) is 11.6 Å². The van der Waals surface area contributed by atoms with E-state index in [9.17, 15) is 2.74 Å². The van der Waals surface area contributed by atoms with Gasteiger partial charge in [-0.2, -0.15) is 12.1 Å². The van der Waals surface area contributed by atoms with Gasteiger partial charge in [0.25, 0.3) is 0 Å². The molecule has 0 atom stereocenters. The topological polar surface area (TPSA) is 38.5 Å². The molecular formula is C62H48BN5OPt-2. The Bertz CT molecular complexity index is 4050. The molecule has 0 unspecified atom stereocenters. The van der Waals surface area contributed by atoms with Gasteiger partial charge in [-0.25, -0.2) is 0 Å². The summed E-state index contributed by atoms with van der Waals surface area (Å²) in [6.45, 7) is 13.2. The number of fused-ring (bicyclic) bond motifs is 10. The van der Waals surface area contributed by atoms with Crippen LogP contribution in [0.5, 0.6) is 11.6 Å². The van der Waals surface area contributed by atoms with Crippen LogP contribution in [0.4, 0.5) is 22.9 Å². The van der Waals surface area contributed by atoms with Gasteiger partial charge in [-0.15, -0.1) is 6.07 Å². The van der Waals surface area contributed by atoms with Crippen molar-refractivity contribution in [2.24, 2.45) is 0 Å². The van der Waals surface area contributed by atoms with Crippen LogP contribution in [0.25, 0.3) is 66.9 Å². The van der Waals surface area contributed by atoms with E-state index in [4.69, 9.17) is 12.5 Å². The Morgan fingerprint density at radius 3 is 1.96 bits per heavy atom. The molecule has 3 aliphatic heterocycles. The molecule has 8 heteroatoms. The molecule has 6 nitrogen and oxygen atoms in total. The van der Waals surface area contributed by atoms with Crippen molar-refractivity contribution in [3.8, 4) is 67.5 Å². The normalized spacial score (nSPS) is 14.1. The maximum absolute atomic E-state index is 9.66. The third-order valence-corrected chi connectivity index (χ3v) is 15.0. The van der Waals surface area contributed by atoms with Gasteiger partial charge in [0.15, 0.2) is 0 Å². The van der Waals surface area contributed by atoms with E-state index in [0.29, 0.717) is 32.2 Å². The molecule has 0 radical (unpaired) electrons. The van der Waals surface area contributed by atoms with E-state index in [0.717, 1.165) is 61.9 Å². The zero-order chi connectivity index (χ0) is 51.1. The first-order valence-corrected chi connectivity index (χ1v) is 24.8. The fourth-order valence-corrected chi connectivity index (χ4v) is 11.6. The molecule has 13 rings (SSSR count). The molecule has 0 saturated heterocycles. The summed E-state index contributed by atoms with van der Waals surface area (Å²) in [7, 11) is 0. The molecule has 5 heterocycles. The number of nitrogens with zero attached hydrogens (tertiary/aromatic N) is 5. The summed E-state index contributed by atoms with van der Waals surface area (Å²) in [4.78, 5) is 9.98. The van der Waals surface area contributed by atoms with Gasteiger partial charge in [0.1, 0.15) is 0 Å². The van der Waals surface area contributed by atoms with Crippen LogP contribution >= 0.6 is 0 Å². The number of aromatic nitrogens is 3. The van der Waals surface area contributed by atoms with Gasteiger partial charge in [0.2, 0.25) is 0 Å². The van der Waals surface area contributed by atoms with Crippen molar-refractivity contribution in [1.82, 2.24) is 14.1 Å². The van der Waals surface area contributed by atoms with Gasteiger partial charge in [0.05, 0.1) is 0 Å². The number of pyridine rings is 1. The number of imidazole rings is 1. The number of anilines is 4. The Balaban J connectivity index is 0.990. The first-order chi connectivity index (χ1) is 35.6. The minimum absolute atomic E-state index is 0.147. The van der Waals surface area contributed by atoms with Crippen LogP contribution < -0.4 is 19.8 Å². The van der Waals surface area contributed by atoms with Crippen molar-refractivity contribution in [2.45, 2.75) is 52.4 Å². The molecule has 0 spiro atoms. The second-order valence-corrected chi connectivity index (χ2v) is 21.3. The SMILES string of the molecule is [2H]c1c([2H])c([2H])c2c(c1[2H])n(-c1[c-]c(Oc3ccc4c(n3)N3B5c6c(cccc6-4)-c4ccccc4N5c4ccc[c-]c43)ccc1)[c](=[Pt])n2-c1c(-c2ccccc2)cccc1-c1cc(C(C)(C)C)cc(C(C)(C)C)c1. The summed E-state index contributed by atoms with van der Waals surface area (Å²) in [6, 6.07) is 60.4. The number of benzene rings is 8. The van der Waals surface area contributed by atoms with E-state index in [1.165, 1.54) is 27.7 Å². The van der Waals surface area contributed by atoms with E-state index in [2.05, 4.69) is 186 Å². The van der Waals surface area contributed by atoms with Crippen LogP contribution in [0.1, 0.15) is 58.2 Å². The number of hydrogen-bond donors (Lipinski definition) is 0. The van der Waals surface area contributed by atoms with Crippen LogP contribution in [0.3, 0.4) is 0 Å². The van der Waals surface area contributed by atoms with Gasteiger partial charge in [-0.1, -0.05) is 30.3 Å². The number of ether oxygens (including phenoxy) is 1. The molecule has 0 aliphatic carbocycles. The fraction of sp³-hybridized carbons (Fsp3) is 0.129. The monoisotopic (exact) mass is 1090 g/mol. The molecular weight excluding hydrogens is 1040 g/mol. The molecule has 0 bridgehead atoms. The van der Waals surface area contributed by atoms with Crippen LogP contribution in [-0.4, -0.2) is 21.1 Å². The molecule has 0 fully saturated rings. The predicted molar refractivity (Wildman–Crippen MR) is 283 cm³/mol. The third kappa shape index (κ3) is 6.58. The summed E-state index contributed by atoms with van der Waals surface area (Å²) in [6.07, 6.45) is 0. The number of hydrogen-bond acceptors (Lipinski definition) is 4. The predicted octanol–water partition coefficient (Wildman–Crippen LogP) is 14.9. The second-order valence-electron chi connectivity index (χ2n) is 20.3. The van der Waals surface area contributed by atoms with Gasteiger partial charge < -0.3 is 0 Å². The van der Waals surface area contributed by atoms with Crippen molar-refractivity contribution in [2.75, 3.05) is 9.62 Å². The zero-order valence-corrected chi connectivity index (χ0v) is 41.8. The summed E-state index contributed by atoms with van der Waals surface area (Å²) in [5.41, 5.74) is 16.8. The second kappa shape index (κ2) is 15.8. The molecule has 0 amide bonds. The van der Waals surface area contributed by atoms with E-state index in [1.807, 2.05) is 63.7 Å². The van der Waals surface area contributed by atoms with Gasteiger partial charge >= 0.3 is 357 Å². The van der Waals surface area contributed by atoms with Crippen molar-refractivity contribution in [3.05, 3.63) is 209 Å². The van der Waals surface area contributed by atoms with Crippen molar-refractivity contribution in [1.29, 1.82) is 0 Å². The van der Waals surface area contributed by atoms with Gasteiger partial charge in [0, 0.05) is 11.3 Å². The van der Waals surface area contributed by atoms with E-state index in [-0.39, 0.29) is 42.0 Å². The molecule has 10 aromatic rings. The Kier molecular flexibility index (Phi) is 8.65. The Hall–Kier alpha value is -7.47. The average Bonchev–Trinajstić information content (AvgIpc) is 3.95. The van der Waals surface area contributed by atoms with Crippen LogP contribution in [0, 0.1) is 15.9 Å². The molecule has 342 valence electrons. The summed E-state index contributed by atoms with van der Waals surface area (Å²) in [5.74, 6) is 1.53. The molecule has 3 aliphatic rings. The first-order valence-electron chi connectivity index (χ1n) is 25.7. The average molecular weight is 1090 g/mol. The molecule has 70 heavy (non-hydrogen) atoms. The molecule has 0 N–H and O–H groups in total. The Morgan fingerprint density at radius 1 is 0.586 bits per heavy atom.